The van der Waals surface area contributed by atoms with Crippen LogP contribution >= 0.6 is 0 Å². The molecule has 0 bridgehead atoms. The maximum Gasteiger partial charge on any atom is 0.165 e. The molecule has 6 nitrogen and oxygen atoms in total. The van der Waals surface area contributed by atoms with Crippen molar-refractivity contribution in [3.63, 3.8) is 0 Å². The lowest BCUT2D eigenvalue weighted by Crippen LogP contribution is -2.01. The summed E-state index contributed by atoms with van der Waals surface area (Å²) in [5, 5.41) is 11.0. The number of aromatic amines is 1. The highest BCUT2D eigenvalue weighted by Crippen LogP contribution is 2.27. The Bertz CT molecular complexity index is 921. The third-order valence-corrected chi connectivity index (χ3v) is 3.39. The molecule has 0 aliphatic heterocycles. The third-order valence-electron chi connectivity index (χ3n) is 3.39. The van der Waals surface area contributed by atoms with Gasteiger partial charge in [-0.1, -0.05) is 49.1 Å². The van der Waals surface area contributed by atoms with E-state index in [4.69, 9.17) is 5.73 Å². The van der Waals surface area contributed by atoms with Crippen LogP contribution in [-0.2, 0) is 0 Å². The summed E-state index contributed by atoms with van der Waals surface area (Å²) in [6, 6.07) is 9.68. The zero-order valence-electron chi connectivity index (χ0n) is 13.3. The maximum atomic E-state index is 6.15. The average Bonchev–Trinajstić information content (AvgIpc) is 2.99. The highest BCUT2D eigenvalue weighted by molar-refractivity contribution is 5.97. The SMILES string of the molecule is C=C/C=C(\C=C/C)Nc1n[nH]c2nc(-c3ccccc3)nc(N)c12. The van der Waals surface area contributed by atoms with Crippen molar-refractivity contribution in [2.45, 2.75) is 6.92 Å². The molecule has 0 saturated heterocycles. The van der Waals surface area contributed by atoms with Crippen LogP contribution < -0.4 is 11.1 Å². The van der Waals surface area contributed by atoms with Crippen LogP contribution in [0.1, 0.15) is 6.92 Å². The molecule has 4 N–H and O–H groups in total. The van der Waals surface area contributed by atoms with Crippen molar-refractivity contribution in [1.82, 2.24) is 20.2 Å². The number of nitrogens with one attached hydrogen (secondary N) is 2. The van der Waals surface area contributed by atoms with Gasteiger partial charge < -0.3 is 11.1 Å². The fourth-order valence-corrected chi connectivity index (χ4v) is 2.35. The first-order valence-electron chi connectivity index (χ1n) is 7.52. The van der Waals surface area contributed by atoms with Crippen LogP contribution in [0.4, 0.5) is 11.6 Å². The van der Waals surface area contributed by atoms with E-state index in [1.807, 2.05) is 55.5 Å². The predicted octanol–water partition coefficient (Wildman–Crippen LogP) is 3.66. The summed E-state index contributed by atoms with van der Waals surface area (Å²) in [5.41, 5.74) is 8.48. The average molecular weight is 318 g/mol. The third kappa shape index (κ3) is 3.03. The van der Waals surface area contributed by atoms with Crippen molar-refractivity contribution >= 4 is 22.7 Å². The van der Waals surface area contributed by atoms with Crippen LogP contribution in [0.25, 0.3) is 22.4 Å². The predicted molar refractivity (Wildman–Crippen MR) is 98.2 cm³/mol. The molecule has 3 rings (SSSR count). The molecule has 0 saturated carbocycles. The second kappa shape index (κ2) is 6.78. The maximum absolute atomic E-state index is 6.15. The molecule has 120 valence electrons. The lowest BCUT2D eigenvalue weighted by Gasteiger charge is -2.06. The molecule has 1 aromatic carbocycles. The number of rotatable bonds is 5. The Morgan fingerprint density at radius 3 is 2.75 bits per heavy atom. The Morgan fingerprint density at radius 2 is 2.04 bits per heavy atom. The minimum Gasteiger partial charge on any atom is -0.383 e. The number of benzene rings is 1. The van der Waals surface area contributed by atoms with E-state index >= 15 is 0 Å². The lowest BCUT2D eigenvalue weighted by atomic mass is 10.2. The van der Waals surface area contributed by atoms with Crippen LogP contribution in [0.2, 0.25) is 0 Å². The fraction of sp³-hybridized carbons (Fsp3) is 0.0556. The molecule has 0 amide bonds. The smallest absolute Gasteiger partial charge is 0.165 e. The molecule has 2 heterocycles. The molecule has 2 aromatic heterocycles. The van der Waals surface area contributed by atoms with Crippen molar-refractivity contribution in [2.24, 2.45) is 0 Å². The first kappa shape index (κ1) is 15.5. The molecule has 0 fully saturated rings. The fourth-order valence-electron chi connectivity index (χ4n) is 2.35. The van der Waals surface area contributed by atoms with Gasteiger partial charge in [0.25, 0.3) is 0 Å². The van der Waals surface area contributed by atoms with Gasteiger partial charge >= 0.3 is 0 Å². The summed E-state index contributed by atoms with van der Waals surface area (Å²) in [7, 11) is 0. The van der Waals surface area contributed by atoms with Crippen molar-refractivity contribution in [2.75, 3.05) is 11.1 Å². The summed E-state index contributed by atoms with van der Waals surface area (Å²) in [5.74, 6) is 1.51. The number of hydrogen-bond acceptors (Lipinski definition) is 5. The van der Waals surface area contributed by atoms with Gasteiger partial charge in [-0.2, -0.15) is 5.10 Å². The summed E-state index contributed by atoms with van der Waals surface area (Å²) in [6.07, 6.45) is 7.38. The second-order valence-corrected chi connectivity index (χ2v) is 5.08. The van der Waals surface area contributed by atoms with E-state index in [0.29, 0.717) is 28.5 Å². The Kier molecular flexibility index (Phi) is 4.38. The standard InChI is InChI=1S/C18H18N6/c1-3-8-13(9-4-2)20-17-14-15(19)21-16(22-18(14)24-23-17)12-10-6-5-7-11-12/h3-11H,1H2,2H3,(H4,19,20,21,22,23,24)/b9-4-,13-8+. The van der Waals surface area contributed by atoms with E-state index in [9.17, 15) is 0 Å². The normalized spacial score (nSPS) is 12.0. The minimum atomic E-state index is 0.369. The molecule has 6 heteroatoms. The van der Waals surface area contributed by atoms with Crippen molar-refractivity contribution in [3.05, 3.63) is 66.9 Å². The number of nitrogens with two attached hydrogens (primary N) is 1. The van der Waals surface area contributed by atoms with Gasteiger partial charge in [-0.05, 0) is 19.1 Å². The van der Waals surface area contributed by atoms with Crippen molar-refractivity contribution < 1.29 is 0 Å². The van der Waals surface area contributed by atoms with Gasteiger partial charge in [0.15, 0.2) is 17.3 Å². The van der Waals surface area contributed by atoms with E-state index in [0.717, 1.165) is 11.3 Å². The minimum absolute atomic E-state index is 0.369. The number of fused-ring (bicyclic) bond motifs is 1. The van der Waals surface area contributed by atoms with E-state index in [2.05, 4.69) is 32.1 Å². The van der Waals surface area contributed by atoms with Gasteiger partial charge in [0.05, 0.1) is 0 Å². The van der Waals surface area contributed by atoms with Gasteiger partial charge in [-0.3, -0.25) is 5.10 Å². The monoisotopic (exact) mass is 318 g/mol. The molecule has 0 atom stereocenters. The zero-order valence-corrected chi connectivity index (χ0v) is 13.3. The van der Waals surface area contributed by atoms with E-state index < -0.39 is 0 Å². The van der Waals surface area contributed by atoms with Gasteiger partial charge in [0.1, 0.15) is 11.2 Å². The number of nitrogens with zero attached hydrogens (tertiary/aromatic N) is 3. The Morgan fingerprint density at radius 1 is 1.25 bits per heavy atom. The highest BCUT2D eigenvalue weighted by atomic mass is 15.2. The molecule has 0 aliphatic rings. The molecule has 0 aliphatic carbocycles. The highest BCUT2D eigenvalue weighted by Gasteiger charge is 2.14. The second-order valence-electron chi connectivity index (χ2n) is 5.08. The Hall–Kier alpha value is -3.41. The van der Waals surface area contributed by atoms with Crippen LogP contribution in [0, 0.1) is 0 Å². The molecular formula is C18H18N6. The van der Waals surface area contributed by atoms with Crippen LogP contribution in [0.3, 0.4) is 0 Å². The van der Waals surface area contributed by atoms with Crippen molar-refractivity contribution in [1.29, 1.82) is 0 Å². The first-order chi connectivity index (χ1) is 11.7. The first-order valence-corrected chi connectivity index (χ1v) is 7.52. The number of allylic oxidation sites excluding steroid dienone is 4. The quantitative estimate of drug-likeness (QED) is 0.624. The van der Waals surface area contributed by atoms with Gasteiger partial charge in [-0.15, -0.1) is 0 Å². The number of aromatic nitrogens is 4. The Balaban J connectivity index is 2.04. The van der Waals surface area contributed by atoms with E-state index in [1.165, 1.54) is 0 Å². The molecular weight excluding hydrogens is 300 g/mol. The summed E-state index contributed by atoms with van der Waals surface area (Å²) in [6.45, 7) is 5.64. The number of nitrogen functional groups attached to an aromatic ring is 1. The molecule has 0 spiro atoms. The molecule has 0 radical (unpaired) electrons. The van der Waals surface area contributed by atoms with Gasteiger partial charge in [-0.25, -0.2) is 9.97 Å². The van der Waals surface area contributed by atoms with Gasteiger partial charge in [0.2, 0.25) is 0 Å². The molecule has 3 aromatic rings. The summed E-state index contributed by atoms with van der Waals surface area (Å²) < 4.78 is 0. The van der Waals surface area contributed by atoms with Crippen molar-refractivity contribution in [3.8, 4) is 11.4 Å². The summed E-state index contributed by atoms with van der Waals surface area (Å²) >= 11 is 0. The Labute approximate surface area is 139 Å². The lowest BCUT2D eigenvalue weighted by molar-refractivity contribution is 1.09. The van der Waals surface area contributed by atoms with E-state index in [-0.39, 0.29) is 0 Å². The number of hydrogen-bond donors (Lipinski definition) is 3. The number of H-pyrrole nitrogens is 1. The number of anilines is 2. The van der Waals surface area contributed by atoms with Crippen LogP contribution in [0.15, 0.2) is 66.9 Å². The van der Waals surface area contributed by atoms with Crippen LogP contribution in [-0.4, -0.2) is 20.2 Å². The molecule has 0 unspecified atom stereocenters. The van der Waals surface area contributed by atoms with E-state index in [1.54, 1.807) is 6.08 Å². The topological polar surface area (TPSA) is 92.5 Å². The van der Waals surface area contributed by atoms with Crippen LogP contribution in [0.5, 0.6) is 0 Å². The largest absolute Gasteiger partial charge is 0.383 e. The zero-order chi connectivity index (χ0) is 16.9. The summed E-state index contributed by atoms with van der Waals surface area (Å²) in [4.78, 5) is 8.93. The van der Waals surface area contributed by atoms with Gasteiger partial charge in [0, 0.05) is 11.3 Å². The molecule has 24 heavy (non-hydrogen) atoms.